The van der Waals surface area contributed by atoms with Crippen LogP contribution in [0.5, 0.6) is 5.75 Å². The van der Waals surface area contributed by atoms with Gasteiger partial charge in [-0.25, -0.2) is 4.79 Å². The van der Waals surface area contributed by atoms with Gasteiger partial charge in [0.05, 0.1) is 18.5 Å². The molecule has 7 aromatic rings. The third-order valence-electron chi connectivity index (χ3n) is 10.0. The summed E-state index contributed by atoms with van der Waals surface area (Å²) in [6.45, 7) is 2.85. The van der Waals surface area contributed by atoms with E-state index < -0.39 is 0 Å². The van der Waals surface area contributed by atoms with Crippen molar-refractivity contribution in [2.24, 2.45) is 0 Å². The highest BCUT2D eigenvalue weighted by Crippen LogP contribution is 2.57. The van der Waals surface area contributed by atoms with Gasteiger partial charge in [-0.1, -0.05) is 110 Å². The molecule has 0 aliphatic carbocycles. The Morgan fingerprint density at radius 2 is 1.26 bits per heavy atom. The first kappa shape index (κ1) is 26.8. The molecule has 0 fully saturated rings. The summed E-state index contributed by atoms with van der Waals surface area (Å²) in [5.74, 6) is 0.933. The zero-order chi connectivity index (χ0) is 31.1. The first-order valence-corrected chi connectivity index (χ1v) is 15.9. The summed E-state index contributed by atoms with van der Waals surface area (Å²) in [5, 5.41) is 7.18. The van der Waals surface area contributed by atoms with Crippen LogP contribution in [0.1, 0.15) is 18.4 Å². The van der Waals surface area contributed by atoms with E-state index in [-0.39, 0.29) is 11.9 Å². The van der Waals surface area contributed by atoms with Crippen LogP contribution in [0.4, 0.5) is 16.2 Å². The number of nitrogens with zero attached hydrogens (tertiary/aromatic N) is 2. The van der Waals surface area contributed by atoms with Crippen LogP contribution in [0.2, 0.25) is 0 Å². The molecule has 0 saturated heterocycles. The van der Waals surface area contributed by atoms with Crippen molar-refractivity contribution >= 4 is 49.7 Å². The molecular formula is C42H32N2O2. The van der Waals surface area contributed by atoms with Gasteiger partial charge in [-0.05, 0) is 67.2 Å². The van der Waals surface area contributed by atoms with Gasteiger partial charge in [0.2, 0.25) is 0 Å². The largest absolute Gasteiger partial charge is 0.496 e. The molecule has 9 rings (SSSR count). The molecule has 0 aromatic heterocycles. The maximum atomic E-state index is 14.0. The monoisotopic (exact) mass is 596 g/mol. The number of ether oxygens (including phenoxy) is 1. The summed E-state index contributed by atoms with van der Waals surface area (Å²) < 4.78 is 6.33. The predicted molar refractivity (Wildman–Crippen MR) is 191 cm³/mol. The lowest BCUT2D eigenvalue weighted by Crippen LogP contribution is -2.39. The number of urea groups is 1. The molecule has 4 nitrogen and oxygen atoms in total. The van der Waals surface area contributed by atoms with E-state index in [1.54, 1.807) is 12.0 Å². The van der Waals surface area contributed by atoms with Crippen LogP contribution in [0.15, 0.2) is 121 Å². The van der Waals surface area contributed by atoms with Crippen LogP contribution >= 0.6 is 0 Å². The van der Waals surface area contributed by atoms with Gasteiger partial charge in [0.1, 0.15) is 5.75 Å². The van der Waals surface area contributed by atoms with E-state index in [4.69, 9.17) is 4.74 Å². The third kappa shape index (κ3) is 3.64. The van der Waals surface area contributed by atoms with E-state index in [0.29, 0.717) is 6.54 Å². The zero-order valence-corrected chi connectivity index (χ0v) is 26.0. The molecule has 1 unspecified atom stereocenters. The molecular weight excluding hydrogens is 564 g/mol. The molecule has 2 aliphatic rings. The van der Waals surface area contributed by atoms with Crippen molar-refractivity contribution in [3.8, 4) is 39.1 Å². The van der Waals surface area contributed by atoms with Gasteiger partial charge in [0.25, 0.3) is 0 Å². The van der Waals surface area contributed by atoms with Crippen LogP contribution in [-0.2, 0) is 0 Å². The van der Waals surface area contributed by atoms with Crippen molar-refractivity contribution in [3.63, 3.8) is 0 Å². The molecule has 222 valence electrons. The molecule has 46 heavy (non-hydrogen) atoms. The highest BCUT2D eigenvalue weighted by atomic mass is 16.5. The Bertz CT molecular complexity index is 2350. The number of anilines is 2. The Kier molecular flexibility index (Phi) is 5.79. The van der Waals surface area contributed by atoms with E-state index >= 15 is 0 Å². The minimum Gasteiger partial charge on any atom is -0.496 e. The molecule has 2 heterocycles. The van der Waals surface area contributed by atoms with Crippen molar-refractivity contribution < 1.29 is 9.53 Å². The standard InChI is InChI=1S/C42H32N2O2/c1-25-24-44-41-34(29-14-10-11-19-35(29)43(2)42(44)45)23-36(46-3)40(37(25)41)39-32-17-8-6-15-30(32)38(31-16-7-9-18-33(31)39)28-21-20-26-12-4-5-13-27(26)22-28/h4-23,25H,24H2,1-3H3. The number of carbonyl (C=O) groups excluding carboxylic acids is 1. The SMILES string of the molecule is COc1cc2c3c(c1-c1c4ccccc4c(-c4ccc5ccccc5c4)c4ccccc14)C(C)CN3C(=O)N(C)c1ccccc1-2. The predicted octanol–water partition coefficient (Wildman–Crippen LogP) is 10.6. The van der Waals surface area contributed by atoms with E-state index in [0.717, 1.165) is 39.4 Å². The maximum absolute atomic E-state index is 14.0. The molecule has 1 atom stereocenters. The number of rotatable bonds is 3. The van der Waals surface area contributed by atoms with E-state index in [1.807, 2.05) is 30.1 Å². The summed E-state index contributed by atoms with van der Waals surface area (Å²) in [6.07, 6.45) is 0. The molecule has 4 heteroatoms. The average Bonchev–Trinajstić information content (AvgIpc) is 3.42. The molecule has 2 aliphatic heterocycles. The minimum atomic E-state index is -0.00529. The number of methoxy groups -OCH3 is 1. The van der Waals surface area contributed by atoms with Crippen molar-refractivity contribution in [3.05, 3.63) is 127 Å². The van der Waals surface area contributed by atoms with Gasteiger partial charge < -0.3 is 4.74 Å². The first-order chi connectivity index (χ1) is 22.5. The molecule has 0 saturated carbocycles. The fraction of sp³-hybridized carbons (Fsp3) is 0.119. The summed E-state index contributed by atoms with van der Waals surface area (Å²) in [4.78, 5) is 17.8. The second kappa shape index (κ2) is 9.95. The second-order valence-electron chi connectivity index (χ2n) is 12.5. The number of para-hydroxylation sites is 1. The molecule has 0 bridgehead atoms. The summed E-state index contributed by atoms with van der Waals surface area (Å²) >= 11 is 0. The minimum absolute atomic E-state index is 0.00529. The van der Waals surface area contributed by atoms with Crippen LogP contribution in [0, 0.1) is 0 Å². The Morgan fingerprint density at radius 1 is 0.652 bits per heavy atom. The van der Waals surface area contributed by atoms with Crippen LogP contribution in [0.3, 0.4) is 0 Å². The lowest BCUT2D eigenvalue weighted by atomic mass is 9.81. The number of benzene rings is 7. The first-order valence-electron chi connectivity index (χ1n) is 15.9. The number of fused-ring (bicyclic) bond motifs is 5. The van der Waals surface area contributed by atoms with Crippen molar-refractivity contribution in [1.29, 1.82) is 0 Å². The third-order valence-corrected chi connectivity index (χ3v) is 10.0. The molecule has 2 amide bonds. The zero-order valence-electron chi connectivity index (χ0n) is 26.0. The quantitative estimate of drug-likeness (QED) is 0.190. The lowest BCUT2D eigenvalue weighted by molar-refractivity contribution is 0.253. The average molecular weight is 597 g/mol. The Morgan fingerprint density at radius 3 is 1.96 bits per heavy atom. The number of amides is 2. The highest BCUT2D eigenvalue weighted by Gasteiger charge is 2.41. The van der Waals surface area contributed by atoms with Crippen molar-refractivity contribution in [2.45, 2.75) is 12.8 Å². The van der Waals surface area contributed by atoms with Gasteiger partial charge >= 0.3 is 6.03 Å². The van der Waals surface area contributed by atoms with E-state index in [1.165, 1.54) is 49.0 Å². The topological polar surface area (TPSA) is 32.8 Å². The fourth-order valence-electron chi connectivity index (χ4n) is 8.02. The molecule has 0 N–H and O–H groups in total. The summed E-state index contributed by atoms with van der Waals surface area (Å²) in [6, 6.07) is 43.2. The van der Waals surface area contributed by atoms with Crippen molar-refractivity contribution in [1.82, 2.24) is 0 Å². The van der Waals surface area contributed by atoms with Gasteiger partial charge in [-0.2, -0.15) is 0 Å². The number of carbonyl (C=O) groups is 1. The smallest absolute Gasteiger partial charge is 0.328 e. The van der Waals surface area contributed by atoms with Crippen LogP contribution in [-0.4, -0.2) is 26.7 Å². The van der Waals surface area contributed by atoms with Gasteiger partial charge in [0.15, 0.2) is 0 Å². The van der Waals surface area contributed by atoms with E-state index in [9.17, 15) is 4.79 Å². The Labute approximate surface area is 268 Å². The van der Waals surface area contributed by atoms with Gasteiger partial charge in [0, 0.05) is 41.8 Å². The number of hydrogen-bond donors (Lipinski definition) is 0. The molecule has 0 spiro atoms. The number of hydrogen-bond acceptors (Lipinski definition) is 2. The lowest BCUT2D eigenvalue weighted by Gasteiger charge is -2.24. The Hall–Kier alpha value is -5.61. The highest BCUT2D eigenvalue weighted by molar-refractivity contribution is 6.24. The Balaban J connectivity index is 1.42. The maximum Gasteiger partial charge on any atom is 0.328 e. The van der Waals surface area contributed by atoms with Crippen molar-refractivity contribution in [2.75, 3.05) is 30.5 Å². The molecule has 0 radical (unpaired) electrons. The summed E-state index contributed by atoms with van der Waals surface area (Å²) in [5.41, 5.74) is 9.79. The fourth-order valence-corrected chi connectivity index (χ4v) is 8.02. The summed E-state index contributed by atoms with van der Waals surface area (Å²) in [7, 11) is 3.64. The normalized spacial score (nSPS) is 15.4. The van der Waals surface area contributed by atoms with Crippen LogP contribution < -0.4 is 14.5 Å². The van der Waals surface area contributed by atoms with E-state index in [2.05, 4.69) is 110 Å². The van der Waals surface area contributed by atoms with Gasteiger partial charge in [-0.15, -0.1) is 0 Å². The van der Waals surface area contributed by atoms with Crippen LogP contribution in [0.25, 0.3) is 65.7 Å². The second-order valence-corrected chi connectivity index (χ2v) is 12.5. The molecule has 7 aromatic carbocycles. The van der Waals surface area contributed by atoms with Gasteiger partial charge in [-0.3, -0.25) is 9.80 Å².